The number of methoxy groups -OCH3 is 3. The maximum Gasteiger partial charge on any atom is 0.329 e. The normalized spacial score (nSPS) is 22.2. The maximum absolute atomic E-state index is 14.7. The summed E-state index contributed by atoms with van der Waals surface area (Å²) in [6.45, 7) is 1.78. The van der Waals surface area contributed by atoms with E-state index in [-0.39, 0.29) is 12.4 Å². The molecule has 0 saturated carbocycles. The van der Waals surface area contributed by atoms with E-state index in [0.29, 0.717) is 32.8 Å². The van der Waals surface area contributed by atoms with E-state index in [1.54, 1.807) is 50.4 Å². The van der Waals surface area contributed by atoms with E-state index in [1.165, 1.54) is 14.2 Å². The van der Waals surface area contributed by atoms with Gasteiger partial charge in [-0.2, -0.15) is 5.26 Å². The number of para-hydroxylation sites is 1. The van der Waals surface area contributed by atoms with E-state index >= 15 is 0 Å². The molecular formula is C32H29BrN2O6. The van der Waals surface area contributed by atoms with Gasteiger partial charge >= 0.3 is 5.97 Å². The third kappa shape index (κ3) is 4.43. The van der Waals surface area contributed by atoms with Gasteiger partial charge in [0.15, 0.2) is 22.7 Å². The molecule has 0 aliphatic carbocycles. The molecule has 0 aromatic heterocycles. The molecule has 2 aliphatic heterocycles. The van der Waals surface area contributed by atoms with Gasteiger partial charge in [0.2, 0.25) is 0 Å². The first kappa shape index (κ1) is 28.2. The van der Waals surface area contributed by atoms with Crippen molar-refractivity contribution in [3.63, 3.8) is 0 Å². The number of nitriles is 1. The Kier molecular flexibility index (Phi) is 7.78. The van der Waals surface area contributed by atoms with Crippen LogP contribution in [0.3, 0.4) is 0 Å². The summed E-state index contributed by atoms with van der Waals surface area (Å²) in [5.74, 6) is -0.401. The zero-order valence-electron chi connectivity index (χ0n) is 23.1. The molecule has 0 bridgehead atoms. The third-order valence-corrected chi connectivity index (χ3v) is 8.43. The van der Waals surface area contributed by atoms with Crippen LogP contribution in [0.15, 0.2) is 71.2 Å². The molecule has 0 radical (unpaired) electrons. The molecule has 9 heteroatoms. The molecule has 8 nitrogen and oxygen atoms in total. The highest BCUT2D eigenvalue weighted by Gasteiger charge is 2.67. The van der Waals surface area contributed by atoms with Crippen LogP contribution in [-0.4, -0.2) is 51.8 Å². The van der Waals surface area contributed by atoms with Crippen molar-refractivity contribution in [2.24, 2.45) is 5.41 Å². The molecule has 2 aliphatic rings. The number of hydrogen-bond acceptors (Lipinski definition) is 8. The van der Waals surface area contributed by atoms with Crippen LogP contribution in [0, 0.1) is 16.7 Å². The monoisotopic (exact) mass is 616 g/mol. The molecule has 0 amide bonds. The topological polar surface area (TPSA) is 98.1 Å². The van der Waals surface area contributed by atoms with Crippen LogP contribution < -0.4 is 19.1 Å². The molecule has 3 aromatic rings. The number of halogens is 1. The van der Waals surface area contributed by atoms with Crippen molar-refractivity contribution in [3.8, 4) is 23.3 Å². The lowest BCUT2D eigenvalue weighted by Gasteiger charge is -2.36. The zero-order chi connectivity index (χ0) is 29.3. The van der Waals surface area contributed by atoms with Gasteiger partial charge in [-0.1, -0.05) is 36.4 Å². The number of hydrogen-bond donors (Lipinski definition) is 0. The average molecular weight is 617 g/mol. The molecule has 5 rings (SSSR count). The van der Waals surface area contributed by atoms with Gasteiger partial charge in [0.25, 0.3) is 0 Å². The molecule has 0 N–H and O–H groups in total. The summed E-state index contributed by atoms with van der Waals surface area (Å²) in [6, 6.07) is 18.6. The van der Waals surface area contributed by atoms with Gasteiger partial charge in [-0.3, -0.25) is 9.59 Å². The van der Waals surface area contributed by atoms with Gasteiger partial charge < -0.3 is 23.8 Å². The Morgan fingerprint density at radius 3 is 2.34 bits per heavy atom. The number of fused-ring (bicyclic) bond motifs is 3. The second kappa shape index (κ2) is 11.3. The summed E-state index contributed by atoms with van der Waals surface area (Å²) in [7, 11) is 4.59. The van der Waals surface area contributed by atoms with E-state index in [2.05, 4.69) is 22.0 Å². The van der Waals surface area contributed by atoms with Gasteiger partial charge in [-0.15, -0.1) is 0 Å². The first-order valence-corrected chi connectivity index (χ1v) is 13.9. The largest absolute Gasteiger partial charge is 0.496 e. The average Bonchev–Trinajstić information content (AvgIpc) is 3.32. The molecule has 0 unspecified atom stereocenters. The number of ether oxygens (including phenoxy) is 4. The Labute approximate surface area is 247 Å². The van der Waals surface area contributed by atoms with Gasteiger partial charge in [0.1, 0.15) is 11.8 Å². The van der Waals surface area contributed by atoms with Crippen molar-refractivity contribution in [2.75, 3.05) is 32.8 Å². The second-order valence-corrected chi connectivity index (χ2v) is 10.6. The fourth-order valence-electron chi connectivity index (χ4n) is 6.03. The summed E-state index contributed by atoms with van der Waals surface area (Å²) in [4.78, 5) is 30.5. The number of ketones is 1. The lowest BCUT2D eigenvalue weighted by molar-refractivity contribution is -0.152. The van der Waals surface area contributed by atoms with Gasteiger partial charge in [-0.05, 0) is 70.4 Å². The van der Waals surface area contributed by atoms with Crippen LogP contribution in [0.5, 0.6) is 17.2 Å². The SMILES string of the molecule is CCOC(=O)[C@]1(C#N)[C@H](c2ccc(OC)c(OC)c2)[C@@H](C(=O)c2ccc(OC)c(Br)c2)N2c3ccccc3C=C[C@H]21. The smallest absolute Gasteiger partial charge is 0.329 e. The van der Waals surface area contributed by atoms with Crippen LogP contribution in [0.2, 0.25) is 0 Å². The van der Waals surface area contributed by atoms with E-state index in [4.69, 9.17) is 18.9 Å². The van der Waals surface area contributed by atoms with Crippen LogP contribution in [0.4, 0.5) is 5.69 Å². The van der Waals surface area contributed by atoms with Crippen molar-refractivity contribution in [1.82, 2.24) is 0 Å². The zero-order valence-corrected chi connectivity index (χ0v) is 24.7. The first-order valence-electron chi connectivity index (χ1n) is 13.1. The number of esters is 1. The Morgan fingerprint density at radius 2 is 1.68 bits per heavy atom. The number of Topliss-reactive ketones (excluding diaryl/α,β-unsaturated/α-hetero) is 1. The number of rotatable bonds is 8. The fourth-order valence-corrected chi connectivity index (χ4v) is 6.57. The molecule has 4 atom stereocenters. The summed E-state index contributed by atoms with van der Waals surface area (Å²) in [5, 5.41) is 10.9. The minimum atomic E-state index is -1.76. The molecule has 210 valence electrons. The predicted molar refractivity (Wildman–Crippen MR) is 158 cm³/mol. The van der Waals surface area contributed by atoms with Crippen molar-refractivity contribution >= 4 is 39.4 Å². The number of anilines is 1. The molecule has 3 aromatic carbocycles. The molecule has 0 spiro atoms. The lowest BCUT2D eigenvalue weighted by atomic mass is 9.68. The van der Waals surface area contributed by atoms with Crippen LogP contribution in [0.1, 0.15) is 34.3 Å². The minimum absolute atomic E-state index is 0.0813. The van der Waals surface area contributed by atoms with E-state index < -0.39 is 29.4 Å². The molecule has 41 heavy (non-hydrogen) atoms. The molecule has 2 heterocycles. The van der Waals surface area contributed by atoms with Crippen LogP contribution in [0.25, 0.3) is 6.08 Å². The number of carbonyl (C=O) groups excluding carboxylic acids is 2. The van der Waals surface area contributed by atoms with Crippen molar-refractivity contribution in [1.29, 1.82) is 5.26 Å². The van der Waals surface area contributed by atoms with E-state index in [1.807, 2.05) is 41.3 Å². The van der Waals surface area contributed by atoms with E-state index in [0.717, 1.165) is 11.3 Å². The minimum Gasteiger partial charge on any atom is -0.496 e. The Morgan fingerprint density at radius 1 is 0.976 bits per heavy atom. The number of nitrogens with zero attached hydrogens (tertiary/aromatic N) is 2. The quantitative estimate of drug-likeness (QED) is 0.231. The summed E-state index contributed by atoms with van der Waals surface area (Å²) in [6.07, 6.45) is 3.72. The highest BCUT2D eigenvalue weighted by molar-refractivity contribution is 9.10. The van der Waals surface area contributed by atoms with Crippen molar-refractivity contribution < 1.29 is 28.5 Å². The van der Waals surface area contributed by atoms with Crippen LogP contribution >= 0.6 is 15.9 Å². The molecule has 1 saturated heterocycles. The maximum atomic E-state index is 14.7. The molecular weight excluding hydrogens is 588 g/mol. The van der Waals surface area contributed by atoms with Crippen LogP contribution in [-0.2, 0) is 9.53 Å². The number of benzene rings is 3. The summed E-state index contributed by atoms with van der Waals surface area (Å²) < 4.78 is 22.6. The standard InChI is InChI=1S/C32H29BrN2O6/c1-5-41-31(37)32(18-34)27-15-12-19-8-6-7-9-23(19)35(27)29(30(36)21-11-13-24(38-2)22(33)16-21)28(32)20-10-14-25(39-3)26(17-20)40-4/h6-17,27-29H,5H2,1-4H3/t27-,28+,29-,32-/m0/s1. The van der Waals surface area contributed by atoms with Gasteiger partial charge in [0, 0.05) is 17.2 Å². The molecule has 1 fully saturated rings. The second-order valence-electron chi connectivity index (χ2n) is 9.72. The van der Waals surface area contributed by atoms with Gasteiger partial charge in [0.05, 0.1) is 44.5 Å². The Hall–Kier alpha value is -4.29. The summed E-state index contributed by atoms with van der Waals surface area (Å²) >= 11 is 3.49. The summed E-state index contributed by atoms with van der Waals surface area (Å²) in [5.41, 5.74) is 0.836. The Balaban J connectivity index is 1.82. The highest BCUT2D eigenvalue weighted by Crippen LogP contribution is 2.57. The Bertz CT molecular complexity index is 1580. The number of carbonyl (C=O) groups is 2. The van der Waals surface area contributed by atoms with Crippen molar-refractivity contribution in [2.45, 2.75) is 24.9 Å². The van der Waals surface area contributed by atoms with E-state index in [9.17, 15) is 14.9 Å². The lowest BCUT2D eigenvalue weighted by Crippen LogP contribution is -2.47. The van der Waals surface area contributed by atoms with Gasteiger partial charge in [-0.25, -0.2) is 0 Å². The van der Waals surface area contributed by atoms with Crippen molar-refractivity contribution in [3.05, 3.63) is 87.9 Å². The fraction of sp³-hybridized carbons (Fsp3) is 0.281. The highest BCUT2D eigenvalue weighted by atomic mass is 79.9. The third-order valence-electron chi connectivity index (χ3n) is 7.82. The first-order chi connectivity index (χ1) is 19.9. The predicted octanol–water partition coefficient (Wildman–Crippen LogP) is 5.80.